The summed E-state index contributed by atoms with van der Waals surface area (Å²) >= 11 is 0. The lowest BCUT2D eigenvalue weighted by molar-refractivity contribution is -0.133. The first kappa shape index (κ1) is 14.0. The summed E-state index contributed by atoms with van der Waals surface area (Å²) in [4.78, 5) is 13.8. The lowest BCUT2D eigenvalue weighted by atomic mass is 10.0. The van der Waals surface area contributed by atoms with Gasteiger partial charge in [-0.15, -0.1) is 0 Å². The number of carbonyl (C=O) groups excluding carboxylic acids is 1. The molecule has 1 fully saturated rings. The van der Waals surface area contributed by atoms with Crippen molar-refractivity contribution in [2.75, 3.05) is 6.54 Å². The minimum absolute atomic E-state index is 0.160. The van der Waals surface area contributed by atoms with Crippen LogP contribution in [0.25, 0.3) is 0 Å². The summed E-state index contributed by atoms with van der Waals surface area (Å²) in [5.74, 6) is 0.188. The Morgan fingerprint density at radius 1 is 1.29 bits per heavy atom. The van der Waals surface area contributed by atoms with E-state index in [1.165, 1.54) is 19.3 Å². The Bertz CT molecular complexity index is 270. The molecule has 0 aromatic rings. The molecular formula is C14H24N2O. The molecule has 0 radical (unpaired) electrons. The zero-order valence-electron chi connectivity index (χ0n) is 11.0. The van der Waals surface area contributed by atoms with Gasteiger partial charge in [-0.2, -0.15) is 5.26 Å². The Kier molecular flexibility index (Phi) is 6.69. The highest BCUT2D eigenvalue weighted by Gasteiger charge is 2.25. The zero-order valence-corrected chi connectivity index (χ0v) is 11.0. The normalized spacial score (nSPS) is 20.0. The van der Waals surface area contributed by atoms with E-state index in [9.17, 15) is 4.79 Å². The van der Waals surface area contributed by atoms with Crippen LogP contribution in [-0.2, 0) is 4.79 Å². The van der Waals surface area contributed by atoms with Gasteiger partial charge < -0.3 is 4.90 Å². The van der Waals surface area contributed by atoms with Crippen LogP contribution in [0.2, 0.25) is 0 Å². The first-order valence-corrected chi connectivity index (χ1v) is 6.98. The van der Waals surface area contributed by atoms with Gasteiger partial charge in [-0.1, -0.05) is 32.6 Å². The van der Waals surface area contributed by atoms with Crippen LogP contribution < -0.4 is 0 Å². The molecule has 1 aliphatic heterocycles. The smallest absolute Gasteiger partial charge is 0.223 e. The van der Waals surface area contributed by atoms with Gasteiger partial charge in [-0.05, 0) is 25.7 Å². The Hall–Kier alpha value is -1.04. The van der Waals surface area contributed by atoms with Crippen molar-refractivity contribution < 1.29 is 4.79 Å². The molecule has 1 rings (SSSR count). The summed E-state index contributed by atoms with van der Waals surface area (Å²) in [5, 5.41) is 9.01. The van der Waals surface area contributed by atoms with Crippen molar-refractivity contribution in [1.29, 1.82) is 5.26 Å². The summed E-state index contributed by atoms with van der Waals surface area (Å²) in [5.41, 5.74) is 0. The fourth-order valence-corrected chi connectivity index (χ4v) is 2.39. The van der Waals surface area contributed by atoms with E-state index in [-0.39, 0.29) is 11.9 Å². The predicted octanol–water partition coefficient (Wildman–Crippen LogP) is 3.25. The van der Waals surface area contributed by atoms with E-state index in [1.54, 1.807) is 4.90 Å². The van der Waals surface area contributed by atoms with E-state index in [1.807, 2.05) is 0 Å². The van der Waals surface area contributed by atoms with Crippen molar-refractivity contribution >= 4 is 5.91 Å². The fourth-order valence-electron chi connectivity index (χ4n) is 2.39. The maximum atomic E-state index is 12.0. The van der Waals surface area contributed by atoms with Crippen molar-refractivity contribution in [2.45, 2.75) is 70.8 Å². The average Bonchev–Trinajstić information content (AvgIpc) is 2.38. The zero-order chi connectivity index (χ0) is 12.5. The van der Waals surface area contributed by atoms with Crippen LogP contribution in [0.4, 0.5) is 0 Å². The molecule has 0 aromatic carbocycles. The number of piperidine rings is 1. The second-order valence-corrected chi connectivity index (χ2v) is 4.89. The molecule has 1 saturated heterocycles. The average molecular weight is 236 g/mol. The third-order valence-electron chi connectivity index (χ3n) is 3.47. The second kappa shape index (κ2) is 8.11. The van der Waals surface area contributed by atoms with Gasteiger partial charge in [0.2, 0.25) is 5.91 Å². The number of rotatable bonds is 6. The van der Waals surface area contributed by atoms with Gasteiger partial charge in [0.15, 0.2) is 0 Å². The first-order valence-electron chi connectivity index (χ1n) is 6.98. The minimum Gasteiger partial charge on any atom is -0.327 e. The highest BCUT2D eigenvalue weighted by molar-refractivity contribution is 5.76. The van der Waals surface area contributed by atoms with Crippen molar-refractivity contribution in [3.05, 3.63) is 0 Å². The standard InChI is InChI=1S/C14H24N2O/c1-2-3-4-5-6-10-14(17)16-11-8-7-9-13(16)12-15/h13H,2-11H2,1H3. The van der Waals surface area contributed by atoms with Gasteiger partial charge in [0.1, 0.15) is 6.04 Å². The highest BCUT2D eigenvalue weighted by Crippen LogP contribution is 2.18. The Morgan fingerprint density at radius 2 is 2.06 bits per heavy atom. The van der Waals surface area contributed by atoms with Gasteiger partial charge in [0.25, 0.3) is 0 Å². The number of hydrogen-bond acceptors (Lipinski definition) is 2. The molecule has 1 aliphatic rings. The third kappa shape index (κ3) is 4.77. The van der Waals surface area contributed by atoms with Crippen molar-refractivity contribution in [3.8, 4) is 6.07 Å². The molecule has 0 spiro atoms. The SMILES string of the molecule is CCCCCCCC(=O)N1CCCCC1C#N. The van der Waals surface area contributed by atoms with Crippen molar-refractivity contribution in [1.82, 2.24) is 4.90 Å². The minimum atomic E-state index is -0.160. The molecule has 3 nitrogen and oxygen atoms in total. The lowest BCUT2D eigenvalue weighted by Gasteiger charge is -2.31. The fraction of sp³-hybridized carbons (Fsp3) is 0.857. The summed E-state index contributed by atoms with van der Waals surface area (Å²) in [7, 11) is 0. The van der Waals surface area contributed by atoms with Crippen LogP contribution in [0.15, 0.2) is 0 Å². The molecule has 0 bridgehead atoms. The van der Waals surface area contributed by atoms with Gasteiger partial charge in [-0.3, -0.25) is 4.79 Å². The number of nitriles is 1. The van der Waals surface area contributed by atoms with Crippen LogP contribution >= 0.6 is 0 Å². The van der Waals surface area contributed by atoms with Crippen LogP contribution in [0.5, 0.6) is 0 Å². The molecule has 0 saturated carbocycles. The summed E-state index contributed by atoms with van der Waals surface area (Å²) < 4.78 is 0. The van der Waals surface area contributed by atoms with E-state index >= 15 is 0 Å². The quantitative estimate of drug-likeness (QED) is 0.664. The second-order valence-electron chi connectivity index (χ2n) is 4.89. The monoisotopic (exact) mass is 236 g/mol. The number of nitrogens with zero attached hydrogens (tertiary/aromatic N) is 2. The van der Waals surface area contributed by atoms with Gasteiger partial charge >= 0.3 is 0 Å². The van der Waals surface area contributed by atoms with E-state index in [0.717, 1.165) is 38.6 Å². The summed E-state index contributed by atoms with van der Waals surface area (Å²) in [6, 6.07) is 2.09. The molecule has 96 valence electrons. The Labute approximate surface area is 105 Å². The predicted molar refractivity (Wildman–Crippen MR) is 68.3 cm³/mol. The Balaban J connectivity index is 2.24. The molecule has 17 heavy (non-hydrogen) atoms. The van der Waals surface area contributed by atoms with Crippen LogP contribution in [0.1, 0.15) is 64.7 Å². The molecule has 3 heteroatoms. The van der Waals surface area contributed by atoms with Crippen LogP contribution in [0, 0.1) is 11.3 Å². The number of likely N-dealkylation sites (tertiary alicyclic amines) is 1. The molecule has 0 aliphatic carbocycles. The number of hydrogen-bond donors (Lipinski definition) is 0. The molecule has 1 heterocycles. The number of unbranched alkanes of at least 4 members (excludes halogenated alkanes) is 4. The molecule has 0 aromatic heterocycles. The largest absolute Gasteiger partial charge is 0.327 e. The lowest BCUT2D eigenvalue weighted by Crippen LogP contribution is -2.42. The van der Waals surface area contributed by atoms with Gasteiger partial charge in [-0.25, -0.2) is 0 Å². The summed E-state index contributed by atoms with van der Waals surface area (Å²) in [6.45, 7) is 2.97. The third-order valence-corrected chi connectivity index (χ3v) is 3.47. The molecule has 1 amide bonds. The maximum absolute atomic E-state index is 12.0. The van der Waals surface area contributed by atoms with E-state index in [2.05, 4.69) is 13.0 Å². The molecule has 1 atom stereocenters. The first-order chi connectivity index (χ1) is 8.29. The molecule has 0 N–H and O–H groups in total. The highest BCUT2D eigenvalue weighted by atomic mass is 16.2. The maximum Gasteiger partial charge on any atom is 0.223 e. The number of carbonyl (C=O) groups is 1. The van der Waals surface area contributed by atoms with E-state index < -0.39 is 0 Å². The molecule has 1 unspecified atom stereocenters. The van der Waals surface area contributed by atoms with Crippen LogP contribution in [-0.4, -0.2) is 23.4 Å². The van der Waals surface area contributed by atoms with Crippen molar-refractivity contribution in [2.24, 2.45) is 0 Å². The topological polar surface area (TPSA) is 44.1 Å². The van der Waals surface area contributed by atoms with Gasteiger partial charge in [0.05, 0.1) is 6.07 Å². The van der Waals surface area contributed by atoms with Crippen molar-refractivity contribution in [3.63, 3.8) is 0 Å². The number of amides is 1. The van der Waals surface area contributed by atoms with E-state index in [0.29, 0.717) is 6.42 Å². The van der Waals surface area contributed by atoms with Crippen LogP contribution in [0.3, 0.4) is 0 Å². The summed E-state index contributed by atoms with van der Waals surface area (Å²) in [6.07, 6.45) is 9.47. The van der Waals surface area contributed by atoms with Gasteiger partial charge in [0, 0.05) is 13.0 Å². The molecular weight excluding hydrogens is 212 g/mol. The van der Waals surface area contributed by atoms with E-state index in [4.69, 9.17) is 5.26 Å². The Morgan fingerprint density at radius 3 is 2.76 bits per heavy atom.